The van der Waals surface area contributed by atoms with E-state index >= 15 is 0 Å². The molecule has 0 fully saturated rings. The Hall–Kier alpha value is -1.79. The number of carbonyl (C=O) groups is 1. The summed E-state index contributed by atoms with van der Waals surface area (Å²) in [5.74, 6) is 0.0561. The van der Waals surface area contributed by atoms with E-state index in [0.29, 0.717) is 10.7 Å². The van der Waals surface area contributed by atoms with E-state index in [4.69, 9.17) is 12.2 Å². The van der Waals surface area contributed by atoms with Gasteiger partial charge in [-0.15, -0.1) is 11.3 Å². The molecule has 2 N–H and O–H groups in total. The molecule has 0 bridgehead atoms. The Morgan fingerprint density at radius 3 is 2.59 bits per heavy atom. The molecule has 0 saturated carbocycles. The van der Waals surface area contributed by atoms with Crippen molar-refractivity contribution in [3.05, 3.63) is 40.4 Å². The van der Waals surface area contributed by atoms with Crippen molar-refractivity contribution in [1.29, 1.82) is 0 Å². The molecule has 3 rings (SSSR count). The number of hydrogen-bond acceptors (Lipinski definition) is 4. The Morgan fingerprint density at radius 2 is 1.91 bits per heavy atom. The molecule has 0 unspecified atom stereocenters. The van der Waals surface area contributed by atoms with Crippen LogP contribution in [0.15, 0.2) is 24.3 Å². The maximum Gasteiger partial charge on any atom is 0.189 e. The van der Waals surface area contributed by atoms with Crippen molar-refractivity contribution in [3.8, 4) is 0 Å². The fraction of sp³-hybridized carbons (Fsp3) is 0.312. The fourth-order valence-electron chi connectivity index (χ4n) is 2.45. The second kappa shape index (κ2) is 6.54. The van der Waals surface area contributed by atoms with E-state index in [9.17, 15) is 4.79 Å². The summed E-state index contributed by atoms with van der Waals surface area (Å²) in [6, 6.07) is 7.26. The van der Waals surface area contributed by atoms with Crippen molar-refractivity contribution in [3.63, 3.8) is 0 Å². The van der Waals surface area contributed by atoms with Gasteiger partial charge in [-0.1, -0.05) is 0 Å². The molecule has 0 radical (unpaired) electrons. The SMILES string of the molecule is CC(=O)c1ccc(NC(=S)Nc2nc3c(s2)CCCC3)cc1. The van der Waals surface area contributed by atoms with Crippen molar-refractivity contribution in [1.82, 2.24) is 4.98 Å². The van der Waals surface area contributed by atoms with E-state index in [0.717, 1.165) is 23.7 Å². The first kappa shape index (κ1) is 15.1. The number of carbonyl (C=O) groups excluding carboxylic acids is 1. The minimum Gasteiger partial charge on any atom is -0.332 e. The summed E-state index contributed by atoms with van der Waals surface area (Å²) in [5, 5.41) is 7.63. The molecule has 6 heteroatoms. The zero-order valence-electron chi connectivity index (χ0n) is 12.3. The van der Waals surface area contributed by atoms with Crippen LogP contribution in [0.5, 0.6) is 0 Å². The Bertz CT molecular complexity index is 683. The highest BCUT2D eigenvalue weighted by Gasteiger charge is 2.15. The minimum absolute atomic E-state index is 0.0561. The van der Waals surface area contributed by atoms with Gasteiger partial charge in [0.2, 0.25) is 0 Å². The van der Waals surface area contributed by atoms with Gasteiger partial charge < -0.3 is 10.6 Å². The lowest BCUT2D eigenvalue weighted by molar-refractivity contribution is 0.101. The Kier molecular flexibility index (Phi) is 4.49. The standard InChI is InChI=1S/C16H17N3OS2/c1-10(20)11-6-8-12(9-7-11)17-15(21)19-16-18-13-4-2-3-5-14(13)22-16/h6-9H,2-5H2,1H3,(H2,17,18,19,21). The highest BCUT2D eigenvalue weighted by Crippen LogP contribution is 2.29. The van der Waals surface area contributed by atoms with Crippen LogP contribution in [0, 0.1) is 0 Å². The van der Waals surface area contributed by atoms with Crippen molar-refractivity contribution in [2.24, 2.45) is 0 Å². The molecule has 2 aromatic rings. The van der Waals surface area contributed by atoms with Gasteiger partial charge in [0.15, 0.2) is 16.0 Å². The molecule has 114 valence electrons. The highest BCUT2D eigenvalue weighted by molar-refractivity contribution is 7.80. The largest absolute Gasteiger partial charge is 0.332 e. The topological polar surface area (TPSA) is 54.0 Å². The van der Waals surface area contributed by atoms with Crippen LogP contribution in [0.2, 0.25) is 0 Å². The summed E-state index contributed by atoms with van der Waals surface area (Å²) in [7, 11) is 0. The lowest BCUT2D eigenvalue weighted by Gasteiger charge is -2.08. The van der Waals surface area contributed by atoms with Gasteiger partial charge in [-0.2, -0.15) is 0 Å². The molecule has 1 aromatic heterocycles. The number of thiazole rings is 1. The molecule has 0 aliphatic heterocycles. The maximum absolute atomic E-state index is 11.3. The number of thiocarbonyl (C=S) groups is 1. The number of aromatic nitrogens is 1. The first-order valence-corrected chi connectivity index (χ1v) is 8.52. The number of ketones is 1. The van der Waals surface area contributed by atoms with E-state index in [1.807, 2.05) is 12.1 Å². The van der Waals surface area contributed by atoms with E-state index in [1.54, 1.807) is 30.4 Å². The molecule has 4 nitrogen and oxygen atoms in total. The van der Waals surface area contributed by atoms with Gasteiger partial charge in [0, 0.05) is 16.1 Å². The van der Waals surface area contributed by atoms with Crippen molar-refractivity contribution >= 4 is 45.3 Å². The van der Waals surface area contributed by atoms with E-state index in [1.165, 1.54) is 23.4 Å². The zero-order chi connectivity index (χ0) is 15.5. The van der Waals surface area contributed by atoms with Crippen LogP contribution in [0.1, 0.15) is 40.7 Å². The fourth-order valence-corrected chi connectivity index (χ4v) is 3.79. The first-order chi connectivity index (χ1) is 10.6. The molecular weight excluding hydrogens is 314 g/mol. The summed E-state index contributed by atoms with van der Waals surface area (Å²) in [6.45, 7) is 1.55. The molecule has 0 amide bonds. The molecule has 1 aromatic carbocycles. The number of nitrogens with zero attached hydrogens (tertiary/aromatic N) is 1. The summed E-state index contributed by atoms with van der Waals surface area (Å²) in [4.78, 5) is 17.2. The lowest BCUT2D eigenvalue weighted by Crippen LogP contribution is -2.19. The number of Topliss-reactive ketones (excluding diaryl/α,β-unsaturated/α-hetero) is 1. The van der Waals surface area contributed by atoms with E-state index < -0.39 is 0 Å². The molecule has 0 saturated heterocycles. The molecule has 0 spiro atoms. The maximum atomic E-state index is 11.3. The van der Waals surface area contributed by atoms with Crippen molar-refractivity contribution in [2.45, 2.75) is 32.6 Å². The van der Waals surface area contributed by atoms with Gasteiger partial charge in [0.05, 0.1) is 5.69 Å². The van der Waals surface area contributed by atoms with Crippen LogP contribution in [-0.4, -0.2) is 15.9 Å². The van der Waals surface area contributed by atoms with Crippen LogP contribution in [0.4, 0.5) is 10.8 Å². The minimum atomic E-state index is 0.0561. The number of anilines is 2. The lowest BCUT2D eigenvalue weighted by atomic mass is 10.0. The van der Waals surface area contributed by atoms with Gasteiger partial charge >= 0.3 is 0 Å². The third kappa shape index (κ3) is 3.51. The average molecular weight is 331 g/mol. The Morgan fingerprint density at radius 1 is 1.18 bits per heavy atom. The summed E-state index contributed by atoms with van der Waals surface area (Å²) >= 11 is 7.01. The average Bonchev–Trinajstić information content (AvgIpc) is 2.89. The van der Waals surface area contributed by atoms with Crippen LogP contribution < -0.4 is 10.6 Å². The van der Waals surface area contributed by atoms with Gasteiger partial charge in [-0.05, 0) is 69.1 Å². The number of benzene rings is 1. The summed E-state index contributed by atoms with van der Waals surface area (Å²) in [5.41, 5.74) is 2.76. The second-order valence-electron chi connectivity index (χ2n) is 5.31. The monoisotopic (exact) mass is 331 g/mol. The van der Waals surface area contributed by atoms with Crippen LogP contribution >= 0.6 is 23.6 Å². The summed E-state index contributed by atoms with van der Waals surface area (Å²) < 4.78 is 0. The molecular formula is C16H17N3OS2. The number of hydrogen-bond donors (Lipinski definition) is 2. The summed E-state index contributed by atoms with van der Waals surface area (Å²) in [6.07, 6.45) is 4.67. The van der Waals surface area contributed by atoms with Gasteiger partial charge in [0.1, 0.15) is 0 Å². The third-order valence-corrected chi connectivity index (χ3v) is 4.89. The van der Waals surface area contributed by atoms with Gasteiger partial charge in [0.25, 0.3) is 0 Å². The predicted molar refractivity (Wildman–Crippen MR) is 95.0 cm³/mol. The van der Waals surface area contributed by atoms with Crippen LogP contribution in [0.3, 0.4) is 0 Å². The van der Waals surface area contributed by atoms with Crippen molar-refractivity contribution < 1.29 is 4.79 Å². The molecule has 0 atom stereocenters. The Balaban J connectivity index is 1.62. The first-order valence-electron chi connectivity index (χ1n) is 7.29. The molecule has 1 aliphatic carbocycles. The van der Waals surface area contributed by atoms with Crippen LogP contribution in [-0.2, 0) is 12.8 Å². The van der Waals surface area contributed by atoms with E-state index in [-0.39, 0.29) is 5.78 Å². The second-order valence-corrected chi connectivity index (χ2v) is 6.80. The molecule has 1 aliphatic rings. The van der Waals surface area contributed by atoms with E-state index in [2.05, 4.69) is 15.6 Å². The number of rotatable bonds is 3. The smallest absolute Gasteiger partial charge is 0.189 e. The Labute approximate surface area is 139 Å². The normalized spacial score (nSPS) is 13.3. The highest BCUT2D eigenvalue weighted by atomic mass is 32.1. The zero-order valence-corrected chi connectivity index (χ0v) is 13.9. The van der Waals surface area contributed by atoms with Crippen LogP contribution in [0.25, 0.3) is 0 Å². The number of fused-ring (bicyclic) bond motifs is 1. The molecule has 1 heterocycles. The van der Waals surface area contributed by atoms with Gasteiger partial charge in [-0.25, -0.2) is 4.98 Å². The predicted octanol–water partition coefficient (Wildman–Crippen LogP) is 4.03. The number of aryl methyl sites for hydroxylation is 2. The number of nitrogens with one attached hydrogen (secondary N) is 2. The van der Waals surface area contributed by atoms with Crippen molar-refractivity contribution in [2.75, 3.05) is 10.6 Å². The molecule has 22 heavy (non-hydrogen) atoms. The van der Waals surface area contributed by atoms with Gasteiger partial charge in [-0.3, -0.25) is 4.79 Å². The third-order valence-electron chi connectivity index (χ3n) is 3.62. The quantitative estimate of drug-likeness (QED) is 0.657.